The Hall–Kier alpha value is -1.71. The minimum absolute atomic E-state index is 0.0327. The van der Waals surface area contributed by atoms with Crippen LogP contribution in [0.3, 0.4) is 0 Å². The molecule has 0 aromatic heterocycles. The first-order valence-corrected chi connectivity index (χ1v) is 6.37. The first-order valence-electron chi connectivity index (χ1n) is 5.99. The number of aliphatic hydroxyl groups excluding tert-OH is 1. The van der Waals surface area contributed by atoms with Crippen molar-refractivity contribution in [1.82, 2.24) is 0 Å². The van der Waals surface area contributed by atoms with Gasteiger partial charge in [-0.15, -0.1) is 0 Å². The predicted molar refractivity (Wildman–Crippen MR) is 77.7 cm³/mol. The molecule has 2 N–H and O–H groups in total. The van der Waals surface area contributed by atoms with Crippen molar-refractivity contribution in [2.24, 2.45) is 0 Å². The van der Waals surface area contributed by atoms with Crippen molar-refractivity contribution < 1.29 is 9.84 Å². The fraction of sp³-hybridized carbons (Fsp3) is 0.200. The highest BCUT2D eigenvalue weighted by Gasteiger charge is 2.07. The van der Waals surface area contributed by atoms with E-state index in [4.69, 9.17) is 21.4 Å². The summed E-state index contributed by atoms with van der Waals surface area (Å²) < 4.78 is 5.30. The number of hydrogen-bond acceptors (Lipinski definition) is 3. The van der Waals surface area contributed by atoms with E-state index in [1.807, 2.05) is 42.5 Å². The molecule has 0 heterocycles. The molecule has 0 atom stereocenters. The maximum absolute atomic E-state index is 9.10. The Labute approximate surface area is 117 Å². The molecule has 2 rings (SSSR count). The molecule has 0 fully saturated rings. The molecule has 0 aliphatic heterocycles. The van der Waals surface area contributed by atoms with Crippen LogP contribution in [-0.2, 0) is 13.2 Å². The van der Waals surface area contributed by atoms with Crippen molar-refractivity contribution in [3.8, 4) is 5.75 Å². The lowest BCUT2D eigenvalue weighted by molar-refractivity contribution is 0.282. The van der Waals surface area contributed by atoms with E-state index < -0.39 is 0 Å². The van der Waals surface area contributed by atoms with Gasteiger partial charge in [-0.25, -0.2) is 0 Å². The minimum Gasteiger partial charge on any atom is -0.496 e. The van der Waals surface area contributed by atoms with E-state index in [2.05, 4.69) is 5.32 Å². The number of anilines is 1. The number of halogens is 1. The maximum atomic E-state index is 9.10. The van der Waals surface area contributed by atoms with Crippen LogP contribution in [0.4, 0.5) is 5.69 Å². The molecule has 0 spiro atoms. The van der Waals surface area contributed by atoms with Crippen molar-refractivity contribution in [1.29, 1.82) is 0 Å². The monoisotopic (exact) mass is 277 g/mol. The van der Waals surface area contributed by atoms with E-state index in [1.165, 1.54) is 0 Å². The van der Waals surface area contributed by atoms with E-state index >= 15 is 0 Å². The topological polar surface area (TPSA) is 41.5 Å². The Morgan fingerprint density at radius 2 is 2.00 bits per heavy atom. The van der Waals surface area contributed by atoms with Crippen molar-refractivity contribution in [3.63, 3.8) is 0 Å². The third-order valence-electron chi connectivity index (χ3n) is 2.87. The van der Waals surface area contributed by atoms with Crippen molar-refractivity contribution in [2.75, 3.05) is 12.4 Å². The quantitative estimate of drug-likeness (QED) is 0.879. The summed E-state index contributed by atoms with van der Waals surface area (Å²) in [6.07, 6.45) is 0. The van der Waals surface area contributed by atoms with Crippen LogP contribution < -0.4 is 10.1 Å². The van der Waals surface area contributed by atoms with Crippen LogP contribution in [0.15, 0.2) is 42.5 Å². The molecule has 3 nitrogen and oxygen atoms in total. The van der Waals surface area contributed by atoms with Gasteiger partial charge in [0.15, 0.2) is 0 Å². The first-order chi connectivity index (χ1) is 9.24. The van der Waals surface area contributed by atoms with Gasteiger partial charge in [0.05, 0.1) is 13.7 Å². The molecule has 19 heavy (non-hydrogen) atoms. The van der Waals surface area contributed by atoms with Crippen molar-refractivity contribution >= 4 is 17.3 Å². The second-order valence-corrected chi connectivity index (χ2v) is 4.54. The SMILES string of the molecule is COc1cccc(Cl)c1CNc1cccc(CO)c1. The zero-order valence-electron chi connectivity index (χ0n) is 10.7. The van der Waals surface area contributed by atoms with Gasteiger partial charge in [0.1, 0.15) is 5.75 Å². The molecule has 0 aliphatic rings. The van der Waals surface area contributed by atoms with Crippen molar-refractivity contribution in [2.45, 2.75) is 13.2 Å². The van der Waals surface area contributed by atoms with Crippen LogP contribution in [0, 0.1) is 0 Å². The second-order valence-electron chi connectivity index (χ2n) is 4.13. The molecule has 0 radical (unpaired) electrons. The summed E-state index contributed by atoms with van der Waals surface area (Å²) in [6, 6.07) is 13.2. The Morgan fingerprint density at radius 3 is 2.74 bits per heavy atom. The Morgan fingerprint density at radius 1 is 1.21 bits per heavy atom. The van der Waals surface area contributed by atoms with Gasteiger partial charge in [-0.3, -0.25) is 0 Å². The highest BCUT2D eigenvalue weighted by atomic mass is 35.5. The molecule has 4 heteroatoms. The molecule has 0 aliphatic carbocycles. The Kier molecular flexibility index (Phi) is 4.66. The number of benzene rings is 2. The molecule has 0 unspecified atom stereocenters. The number of ether oxygens (including phenoxy) is 1. The predicted octanol–water partition coefficient (Wildman–Crippen LogP) is 3.45. The van der Waals surface area contributed by atoms with Gasteiger partial charge >= 0.3 is 0 Å². The van der Waals surface area contributed by atoms with E-state index in [0.717, 1.165) is 22.6 Å². The summed E-state index contributed by atoms with van der Waals surface area (Å²) in [5.41, 5.74) is 2.73. The molecule has 0 saturated heterocycles. The molecule has 0 amide bonds. The van der Waals surface area contributed by atoms with Gasteiger partial charge in [-0.1, -0.05) is 29.8 Å². The summed E-state index contributed by atoms with van der Waals surface area (Å²) in [5.74, 6) is 0.762. The summed E-state index contributed by atoms with van der Waals surface area (Å²) in [5, 5.41) is 13.1. The van der Waals surface area contributed by atoms with Gasteiger partial charge in [-0.2, -0.15) is 0 Å². The third kappa shape index (κ3) is 3.40. The van der Waals surface area contributed by atoms with E-state index in [-0.39, 0.29) is 6.61 Å². The summed E-state index contributed by atoms with van der Waals surface area (Å²) in [6.45, 7) is 0.600. The van der Waals surface area contributed by atoms with Gasteiger partial charge in [0, 0.05) is 22.8 Å². The van der Waals surface area contributed by atoms with Gasteiger partial charge in [0.25, 0.3) is 0 Å². The zero-order valence-corrected chi connectivity index (χ0v) is 11.4. The van der Waals surface area contributed by atoms with Crippen molar-refractivity contribution in [3.05, 3.63) is 58.6 Å². The lowest BCUT2D eigenvalue weighted by Gasteiger charge is -2.12. The fourth-order valence-corrected chi connectivity index (χ4v) is 2.10. The lowest BCUT2D eigenvalue weighted by Crippen LogP contribution is -2.02. The highest BCUT2D eigenvalue weighted by Crippen LogP contribution is 2.27. The largest absolute Gasteiger partial charge is 0.496 e. The number of methoxy groups -OCH3 is 1. The molecule has 0 saturated carbocycles. The average molecular weight is 278 g/mol. The van der Waals surface area contributed by atoms with Crippen LogP contribution in [0.5, 0.6) is 5.75 Å². The third-order valence-corrected chi connectivity index (χ3v) is 3.23. The number of nitrogens with one attached hydrogen (secondary N) is 1. The minimum atomic E-state index is 0.0327. The lowest BCUT2D eigenvalue weighted by atomic mass is 10.1. The molecule has 2 aromatic carbocycles. The van der Waals surface area contributed by atoms with Gasteiger partial charge in [0.2, 0.25) is 0 Å². The Balaban J connectivity index is 2.14. The number of hydrogen-bond donors (Lipinski definition) is 2. The van der Waals surface area contributed by atoms with E-state index in [0.29, 0.717) is 11.6 Å². The molecular weight excluding hydrogens is 262 g/mol. The van der Waals surface area contributed by atoms with E-state index in [9.17, 15) is 0 Å². The average Bonchev–Trinajstić information content (AvgIpc) is 2.46. The Bertz CT molecular complexity index is 558. The fourth-order valence-electron chi connectivity index (χ4n) is 1.87. The maximum Gasteiger partial charge on any atom is 0.125 e. The molecular formula is C15H16ClNO2. The molecule has 0 bridgehead atoms. The van der Waals surface area contributed by atoms with Gasteiger partial charge < -0.3 is 15.2 Å². The van der Waals surface area contributed by atoms with E-state index in [1.54, 1.807) is 7.11 Å². The molecule has 2 aromatic rings. The zero-order chi connectivity index (χ0) is 13.7. The second kappa shape index (κ2) is 6.45. The van der Waals surface area contributed by atoms with Crippen LogP contribution in [0.2, 0.25) is 5.02 Å². The normalized spacial score (nSPS) is 10.3. The first kappa shape index (κ1) is 13.7. The number of rotatable bonds is 5. The van der Waals surface area contributed by atoms with Gasteiger partial charge in [-0.05, 0) is 29.8 Å². The van der Waals surface area contributed by atoms with Crippen LogP contribution in [-0.4, -0.2) is 12.2 Å². The molecule has 100 valence electrons. The smallest absolute Gasteiger partial charge is 0.125 e. The standard InChI is InChI=1S/C15H16ClNO2/c1-19-15-7-3-6-14(16)13(15)9-17-12-5-2-4-11(8-12)10-18/h2-8,17-18H,9-10H2,1H3. The summed E-state index contributed by atoms with van der Waals surface area (Å²) >= 11 is 6.17. The highest BCUT2D eigenvalue weighted by molar-refractivity contribution is 6.31. The van der Waals surface area contributed by atoms with Crippen LogP contribution >= 0.6 is 11.6 Å². The number of aliphatic hydroxyl groups is 1. The van der Waals surface area contributed by atoms with Crippen LogP contribution in [0.25, 0.3) is 0 Å². The summed E-state index contributed by atoms with van der Waals surface area (Å²) in [7, 11) is 1.63. The summed E-state index contributed by atoms with van der Waals surface area (Å²) in [4.78, 5) is 0. The van der Waals surface area contributed by atoms with Crippen LogP contribution in [0.1, 0.15) is 11.1 Å².